The molecule has 144 valence electrons. The van der Waals surface area contributed by atoms with E-state index >= 15 is 0 Å². The summed E-state index contributed by atoms with van der Waals surface area (Å²) in [5.41, 5.74) is 3.99. The molecule has 5 nitrogen and oxygen atoms in total. The van der Waals surface area contributed by atoms with Crippen molar-refractivity contribution in [2.45, 2.75) is 25.8 Å². The molecule has 1 amide bonds. The maximum Gasteiger partial charge on any atom is 0.257 e. The van der Waals surface area contributed by atoms with Gasteiger partial charge in [0.05, 0.1) is 17.4 Å². The summed E-state index contributed by atoms with van der Waals surface area (Å²) < 4.78 is 1.74. The zero-order valence-electron chi connectivity index (χ0n) is 16.3. The fourth-order valence-corrected chi connectivity index (χ4v) is 3.79. The molecule has 0 radical (unpaired) electrons. The van der Waals surface area contributed by atoms with Gasteiger partial charge in [0.15, 0.2) is 0 Å². The summed E-state index contributed by atoms with van der Waals surface area (Å²) in [4.78, 5) is 17.2. The Morgan fingerprint density at radius 2 is 1.71 bits per heavy atom. The Morgan fingerprint density at radius 3 is 2.50 bits per heavy atom. The highest BCUT2D eigenvalue weighted by Gasteiger charge is 2.18. The van der Waals surface area contributed by atoms with Gasteiger partial charge in [-0.2, -0.15) is 5.10 Å². The smallest absolute Gasteiger partial charge is 0.257 e. The van der Waals surface area contributed by atoms with E-state index in [4.69, 9.17) is 0 Å². The van der Waals surface area contributed by atoms with Crippen molar-refractivity contribution in [2.75, 3.05) is 25.0 Å². The van der Waals surface area contributed by atoms with Crippen LogP contribution >= 0.6 is 0 Å². The van der Waals surface area contributed by atoms with Gasteiger partial charge in [0.2, 0.25) is 0 Å². The van der Waals surface area contributed by atoms with Gasteiger partial charge in [0.1, 0.15) is 0 Å². The fourth-order valence-electron chi connectivity index (χ4n) is 3.79. The predicted octanol–water partition coefficient (Wildman–Crippen LogP) is 4.13. The van der Waals surface area contributed by atoms with Crippen LogP contribution in [0.5, 0.6) is 0 Å². The topological polar surface area (TPSA) is 41.4 Å². The molecule has 0 unspecified atom stereocenters. The third-order valence-electron chi connectivity index (χ3n) is 5.29. The average Bonchev–Trinajstić information content (AvgIpc) is 3.25. The van der Waals surface area contributed by atoms with Crippen molar-refractivity contribution < 1.29 is 4.79 Å². The van der Waals surface area contributed by atoms with Gasteiger partial charge in [0.25, 0.3) is 5.91 Å². The molecule has 0 saturated carbocycles. The second-order valence-corrected chi connectivity index (χ2v) is 7.35. The largest absolute Gasteiger partial charge is 0.371 e. The predicted molar refractivity (Wildman–Crippen MR) is 112 cm³/mol. The van der Waals surface area contributed by atoms with E-state index < -0.39 is 0 Å². The molecular formula is C23H26N4O. The number of amides is 1. The molecule has 0 spiro atoms. The van der Waals surface area contributed by atoms with Crippen molar-refractivity contribution in [1.82, 2.24) is 14.7 Å². The van der Waals surface area contributed by atoms with Crippen LogP contribution in [0, 0.1) is 0 Å². The molecule has 1 aliphatic heterocycles. The van der Waals surface area contributed by atoms with Crippen LogP contribution in [-0.2, 0) is 6.54 Å². The molecule has 5 heteroatoms. The van der Waals surface area contributed by atoms with Crippen LogP contribution in [0.1, 0.15) is 35.2 Å². The van der Waals surface area contributed by atoms with Crippen molar-refractivity contribution >= 4 is 11.6 Å². The van der Waals surface area contributed by atoms with Gasteiger partial charge in [0, 0.05) is 38.6 Å². The lowest BCUT2D eigenvalue weighted by atomic mass is 10.1. The number of nitrogens with zero attached hydrogens (tertiary/aromatic N) is 4. The minimum Gasteiger partial charge on any atom is -0.371 e. The number of carbonyl (C=O) groups excluding carboxylic acids is 1. The van der Waals surface area contributed by atoms with Crippen LogP contribution in [0.2, 0.25) is 0 Å². The number of para-hydroxylation sites is 2. The second kappa shape index (κ2) is 8.30. The number of hydrogen-bond acceptors (Lipinski definition) is 3. The molecule has 1 aromatic heterocycles. The Bertz CT molecular complexity index is 929. The number of anilines is 1. The highest BCUT2D eigenvalue weighted by molar-refractivity contribution is 5.93. The highest BCUT2D eigenvalue weighted by atomic mass is 16.2. The lowest BCUT2D eigenvalue weighted by molar-refractivity contribution is 0.0785. The molecule has 1 aliphatic rings. The van der Waals surface area contributed by atoms with E-state index in [-0.39, 0.29) is 5.91 Å². The van der Waals surface area contributed by atoms with Gasteiger partial charge in [-0.25, -0.2) is 4.68 Å². The minimum atomic E-state index is -0.0179. The number of piperidine rings is 1. The van der Waals surface area contributed by atoms with Crippen molar-refractivity contribution in [2.24, 2.45) is 0 Å². The Kier molecular flexibility index (Phi) is 5.42. The third kappa shape index (κ3) is 3.93. The van der Waals surface area contributed by atoms with Gasteiger partial charge < -0.3 is 9.80 Å². The number of rotatable bonds is 5. The van der Waals surface area contributed by atoms with E-state index in [0.29, 0.717) is 12.1 Å². The first-order valence-electron chi connectivity index (χ1n) is 9.91. The number of aromatic nitrogens is 2. The molecule has 3 aromatic rings. The molecule has 0 aliphatic carbocycles. The van der Waals surface area contributed by atoms with Crippen LogP contribution in [0.4, 0.5) is 5.69 Å². The van der Waals surface area contributed by atoms with E-state index in [2.05, 4.69) is 34.3 Å². The Labute approximate surface area is 166 Å². The molecule has 2 heterocycles. The molecule has 0 atom stereocenters. The van der Waals surface area contributed by atoms with Gasteiger partial charge in [-0.1, -0.05) is 36.4 Å². The maximum absolute atomic E-state index is 12.9. The van der Waals surface area contributed by atoms with Crippen LogP contribution < -0.4 is 4.90 Å². The van der Waals surface area contributed by atoms with Crippen molar-refractivity contribution in [3.05, 3.63) is 78.1 Å². The second-order valence-electron chi connectivity index (χ2n) is 7.35. The van der Waals surface area contributed by atoms with Crippen molar-refractivity contribution in [1.29, 1.82) is 0 Å². The van der Waals surface area contributed by atoms with Gasteiger partial charge in [-0.3, -0.25) is 4.79 Å². The summed E-state index contributed by atoms with van der Waals surface area (Å²) in [6, 6.07) is 18.3. The summed E-state index contributed by atoms with van der Waals surface area (Å²) in [5, 5.41) is 4.35. The van der Waals surface area contributed by atoms with Crippen molar-refractivity contribution in [3.63, 3.8) is 0 Å². The third-order valence-corrected chi connectivity index (χ3v) is 5.29. The van der Waals surface area contributed by atoms with Crippen LogP contribution in [-0.4, -0.2) is 40.7 Å². The lowest BCUT2D eigenvalue weighted by Gasteiger charge is -2.31. The first-order chi connectivity index (χ1) is 13.7. The zero-order chi connectivity index (χ0) is 19.3. The fraction of sp³-hybridized carbons (Fsp3) is 0.304. The normalized spacial score (nSPS) is 14.1. The number of carbonyl (C=O) groups is 1. The summed E-state index contributed by atoms with van der Waals surface area (Å²) in [5.74, 6) is -0.0179. The summed E-state index contributed by atoms with van der Waals surface area (Å²) >= 11 is 0. The highest BCUT2D eigenvalue weighted by Crippen LogP contribution is 2.25. The molecular weight excluding hydrogens is 348 g/mol. The molecule has 0 N–H and O–H groups in total. The van der Waals surface area contributed by atoms with E-state index in [9.17, 15) is 4.79 Å². The minimum absolute atomic E-state index is 0.0179. The quantitative estimate of drug-likeness (QED) is 0.674. The first-order valence-corrected chi connectivity index (χ1v) is 9.91. The van der Waals surface area contributed by atoms with Crippen LogP contribution in [0.3, 0.4) is 0 Å². The average molecular weight is 374 g/mol. The molecule has 1 fully saturated rings. The van der Waals surface area contributed by atoms with E-state index in [1.165, 1.54) is 30.5 Å². The SMILES string of the molecule is CN(Cc1ccccc1N1CCCCC1)C(=O)c1cnn(-c2ccccc2)c1. The van der Waals surface area contributed by atoms with E-state index in [1.54, 1.807) is 22.0 Å². The Hall–Kier alpha value is -3.08. The summed E-state index contributed by atoms with van der Waals surface area (Å²) in [6.07, 6.45) is 7.22. The van der Waals surface area contributed by atoms with E-state index in [0.717, 1.165) is 18.8 Å². The molecule has 0 bridgehead atoms. The molecule has 2 aromatic carbocycles. The first kappa shape index (κ1) is 18.3. The van der Waals surface area contributed by atoms with Gasteiger partial charge in [-0.15, -0.1) is 0 Å². The lowest BCUT2D eigenvalue weighted by Crippen LogP contribution is -2.32. The summed E-state index contributed by atoms with van der Waals surface area (Å²) in [7, 11) is 1.86. The molecule has 4 rings (SSSR count). The monoisotopic (exact) mass is 374 g/mol. The van der Waals surface area contributed by atoms with Crippen molar-refractivity contribution in [3.8, 4) is 5.69 Å². The van der Waals surface area contributed by atoms with E-state index in [1.807, 2.05) is 37.4 Å². The number of hydrogen-bond donors (Lipinski definition) is 0. The van der Waals surface area contributed by atoms with Crippen LogP contribution in [0.15, 0.2) is 67.0 Å². The summed E-state index contributed by atoms with van der Waals surface area (Å²) in [6.45, 7) is 2.78. The molecule has 1 saturated heterocycles. The van der Waals surface area contributed by atoms with Gasteiger partial charge in [-0.05, 0) is 43.0 Å². The zero-order valence-corrected chi connectivity index (χ0v) is 16.3. The van der Waals surface area contributed by atoms with Crippen LogP contribution in [0.25, 0.3) is 5.69 Å². The Balaban J connectivity index is 1.49. The number of benzene rings is 2. The van der Waals surface area contributed by atoms with Gasteiger partial charge >= 0.3 is 0 Å². The standard InChI is InChI=1S/C23H26N4O/c1-25(17-19-10-6-7-13-22(19)26-14-8-3-9-15-26)23(28)20-16-24-27(18-20)21-11-4-2-5-12-21/h2,4-7,10-13,16,18H,3,8-9,14-15,17H2,1H3. The molecule has 28 heavy (non-hydrogen) atoms. The maximum atomic E-state index is 12.9. The Morgan fingerprint density at radius 1 is 1.00 bits per heavy atom.